The van der Waals surface area contributed by atoms with Gasteiger partial charge in [-0.05, 0) is 23.8 Å². The molecule has 0 atom stereocenters. The van der Waals surface area contributed by atoms with Crippen LogP contribution < -0.4 is 9.46 Å². The summed E-state index contributed by atoms with van der Waals surface area (Å²) in [6.45, 7) is 1.46. The fourth-order valence-corrected chi connectivity index (χ4v) is 2.36. The molecule has 0 saturated carbocycles. The van der Waals surface area contributed by atoms with E-state index in [4.69, 9.17) is 0 Å². The molecule has 0 saturated heterocycles. The van der Waals surface area contributed by atoms with Crippen molar-refractivity contribution in [2.24, 2.45) is 0 Å². The summed E-state index contributed by atoms with van der Waals surface area (Å²) in [6, 6.07) is 9.84. The average molecular weight is 307 g/mol. The molecule has 0 bridgehead atoms. The van der Waals surface area contributed by atoms with E-state index >= 15 is 0 Å². The number of ketones is 1. The zero-order valence-electron chi connectivity index (χ0n) is 12.3. The van der Waals surface area contributed by atoms with Crippen molar-refractivity contribution in [2.45, 2.75) is 6.92 Å². The van der Waals surface area contributed by atoms with Crippen molar-refractivity contribution < 1.29 is 14.3 Å². The molecule has 0 radical (unpaired) electrons. The van der Waals surface area contributed by atoms with Gasteiger partial charge in [-0.25, -0.2) is 0 Å². The van der Waals surface area contributed by atoms with Gasteiger partial charge in [-0.2, -0.15) is 9.46 Å². The van der Waals surface area contributed by atoms with Crippen molar-refractivity contribution in [3.05, 3.63) is 82.2 Å². The number of fused-ring (bicyclic) bond motifs is 1. The van der Waals surface area contributed by atoms with Crippen molar-refractivity contribution in [3.63, 3.8) is 0 Å². The first-order chi connectivity index (χ1) is 11.1. The van der Waals surface area contributed by atoms with Gasteiger partial charge in [0.25, 0.3) is 22.5 Å². The number of pyridine rings is 1. The lowest BCUT2D eigenvalue weighted by molar-refractivity contribution is -0.635. The topological polar surface area (TPSA) is 83.8 Å². The number of benzene rings is 1. The zero-order chi connectivity index (χ0) is 16.4. The zero-order valence-corrected chi connectivity index (χ0v) is 12.3. The Morgan fingerprint density at radius 2 is 1.65 bits per heavy atom. The quantitative estimate of drug-likeness (QED) is 0.319. The van der Waals surface area contributed by atoms with Crippen molar-refractivity contribution in [3.8, 4) is 0 Å². The summed E-state index contributed by atoms with van der Waals surface area (Å²) in [5.74, 6) is -0.523. The van der Waals surface area contributed by atoms with E-state index in [0.717, 1.165) is 5.56 Å². The maximum Gasteiger partial charge on any atom is 0.333 e. The van der Waals surface area contributed by atoms with E-state index in [1.165, 1.54) is 19.1 Å². The minimum absolute atomic E-state index is 0.0723. The van der Waals surface area contributed by atoms with E-state index in [9.17, 15) is 15.2 Å². The van der Waals surface area contributed by atoms with Crippen LogP contribution in [-0.4, -0.2) is 10.8 Å². The molecule has 0 amide bonds. The fraction of sp³-hybridized carbons (Fsp3) is 0.0588. The second-order valence-corrected chi connectivity index (χ2v) is 4.99. The number of rotatable bonds is 3. The molecule has 0 aliphatic carbocycles. The first-order valence-corrected chi connectivity index (χ1v) is 6.96. The Morgan fingerprint density at radius 1 is 1.04 bits per heavy atom. The first-order valence-electron chi connectivity index (χ1n) is 6.96. The Labute approximate surface area is 132 Å². The summed E-state index contributed by atoms with van der Waals surface area (Å²) >= 11 is 0. The van der Waals surface area contributed by atoms with E-state index in [1.54, 1.807) is 48.8 Å². The molecule has 2 heterocycles. The Kier molecular flexibility index (Phi) is 3.72. The van der Waals surface area contributed by atoms with Gasteiger partial charge in [-0.15, -0.1) is 0 Å². The highest BCUT2D eigenvalue weighted by atomic mass is 16.5. The average Bonchev–Trinajstić information content (AvgIpc) is 2.59. The summed E-state index contributed by atoms with van der Waals surface area (Å²) in [4.78, 5) is 16.3. The molecule has 0 aliphatic rings. The maximum absolute atomic E-state index is 12.5. The number of hydrogen-bond donors (Lipinski definition) is 0. The van der Waals surface area contributed by atoms with Crippen LogP contribution in [0.5, 0.6) is 0 Å². The summed E-state index contributed by atoms with van der Waals surface area (Å²) < 4.78 is 1.12. The van der Waals surface area contributed by atoms with E-state index in [-0.39, 0.29) is 22.4 Å². The molecule has 3 rings (SSSR count). The summed E-state index contributed by atoms with van der Waals surface area (Å²) in [5.41, 5.74) is 1.06. The molecule has 3 aromatic rings. The molecule has 0 unspecified atom stereocenters. The number of hydrogen-bond acceptors (Lipinski definition) is 4. The van der Waals surface area contributed by atoms with Gasteiger partial charge in [0.15, 0.2) is 0 Å². The van der Waals surface area contributed by atoms with Gasteiger partial charge in [-0.3, -0.25) is 9.78 Å². The van der Waals surface area contributed by atoms with E-state index in [0.29, 0.717) is 9.46 Å². The Morgan fingerprint density at radius 3 is 2.30 bits per heavy atom. The van der Waals surface area contributed by atoms with Crippen LogP contribution in [-0.2, 0) is 0 Å². The monoisotopic (exact) mass is 307 g/mol. The summed E-state index contributed by atoms with van der Waals surface area (Å²) in [5, 5.41) is 24.7. The van der Waals surface area contributed by atoms with Crippen LogP contribution in [0.4, 0.5) is 0 Å². The maximum atomic E-state index is 12.5. The molecular formula is C17H13N3O3. The van der Waals surface area contributed by atoms with Gasteiger partial charge >= 0.3 is 5.69 Å². The second-order valence-electron chi connectivity index (χ2n) is 4.99. The fourth-order valence-electron chi connectivity index (χ4n) is 2.36. The molecule has 23 heavy (non-hydrogen) atoms. The first kappa shape index (κ1) is 14.6. The van der Waals surface area contributed by atoms with Gasteiger partial charge in [0, 0.05) is 31.5 Å². The number of carbonyl (C=O) groups excluding carboxylic acids is 1. The predicted molar refractivity (Wildman–Crippen MR) is 84.2 cm³/mol. The van der Waals surface area contributed by atoms with E-state index in [2.05, 4.69) is 4.98 Å². The lowest BCUT2D eigenvalue weighted by Gasteiger charge is -2.09. The minimum Gasteiger partial charge on any atom is -0.618 e. The molecule has 0 aliphatic heterocycles. The summed E-state index contributed by atoms with van der Waals surface area (Å²) in [7, 11) is 0. The number of aromatic nitrogens is 3. The van der Waals surface area contributed by atoms with Gasteiger partial charge in [-0.1, -0.05) is 18.2 Å². The lowest BCUT2D eigenvalue weighted by atomic mass is 10.1. The van der Waals surface area contributed by atoms with Crippen molar-refractivity contribution in [1.82, 2.24) is 4.98 Å². The Hall–Kier alpha value is -3.28. The van der Waals surface area contributed by atoms with Crippen LogP contribution >= 0.6 is 0 Å². The molecule has 6 heteroatoms. The predicted octanol–water partition coefficient (Wildman–Crippen LogP) is 1.71. The number of nitrogens with zero attached hydrogens (tertiary/aromatic N) is 3. The van der Waals surface area contributed by atoms with E-state index in [1.807, 2.05) is 0 Å². The van der Waals surface area contributed by atoms with Crippen LogP contribution in [0.15, 0.2) is 54.9 Å². The van der Waals surface area contributed by atoms with Crippen LogP contribution in [0.25, 0.3) is 17.1 Å². The summed E-state index contributed by atoms with van der Waals surface area (Å²) in [6.07, 6.45) is 6.06. The highest BCUT2D eigenvalue weighted by Crippen LogP contribution is 2.10. The molecule has 1 aromatic carbocycles. The molecule has 6 nitrogen and oxygen atoms in total. The molecular weight excluding hydrogens is 294 g/mol. The van der Waals surface area contributed by atoms with Gasteiger partial charge in [0.05, 0.1) is 0 Å². The Balaban J connectivity index is 2.09. The number of carbonyl (C=O) groups is 1. The number of para-hydroxylation sites is 2. The van der Waals surface area contributed by atoms with Gasteiger partial charge < -0.3 is 10.4 Å². The molecule has 2 aromatic heterocycles. The molecule has 0 N–H and O–H groups in total. The largest absolute Gasteiger partial charge is 0.618 e. The third-order valence-corrected chi connectivity index (χ3v) is 3.54. The van der Waals surface area contributed by atoms with Gasteiger partial charge in [0.2, 0.25) is 0 Å². The molecule has 0 spiro atoms. The van der Waals surface area contributed by atoms with Crippen LogP contribution in [0.1, 0.15) is 21.7 Å². The van der Waals surface area contributed by atoms with Crippen molar-refractivity contribution in [2.75, 3.05) is 0 Å². The third-order valence-electron chi connectivity index (χ3n) is 3.54. The third kappa shape index (κ3) is 2.62. The second kappa shape index (κ2) is 5.84. The lowest BCUT2D eigenvalue weighted by Crippen LogP contribution is -2.46. The highest BCUT2D eigenvalue weighted by Gasteiger charge is 2.28. The van der Waals surface area contributed by atoms with Gasteiger partial charge in [0.1, 0.15) is 0 Å². The normalized spacial score (nSPS) is 11.2. The Bertz CT molecular complexity index is 921. The molecule has 114 valence electrons. The van der Waals surface area contributed by atoms with Crippen LogP contribution in [0, 0.1) is 17.3 Å². The SMILES string of the molecule is Cc1c(C(=O)C=Cc2ccncc2)[n+]([O-])c2ccccc2[n+]1[O-]. The van der Waals surface area contributed by atoms with Crippen LogP contribution in [0.2, 0.25) is 0 Å². The van der Waals surface area contributed by atoms with Crippen LogP contribution in [0.3, 0.4) is 0 Å². The smallest absolute Gasteiger partial charge is 0.333 e. The van der Waals surface area contributed by atoms with Crippen molar-refractivity contribution >= 4 is 22.9 Å². The van der Waals surface area contributed by atoms with E-state index < -0.39 is 5.78 Å². The minimum atomic E-state index is -0.523. The molecule has 0 fully saturated rings. The number of allylic oxidation sites excluding steroid dienone is 1. The van der Waals surface area contributed by atoms with Crippen molar-refractivity contribution in [1.29, 1.82) is 0 Å². The standard InChI is InChI=1S/C17H13N3O3/c1-12-17(16(21)7-6-13-8-10-18-11-9-13)20(23)15-5-3-2-4-14(15)19(12)22/h2-11H,1H3. The highest BCUT2D eigenvalue weighted by molar-refractivity contribution is 6.05.